The van der Waals surface area contributed by atoms with Crippen molar-refractivity contribution in [2.24, 2.45) is 5.10 Å². The molecule has 210 valence electrons. The minimum absolute atomic E-state index is 0.0112. The number of likely N-dealkylation sites (tertiary alicyclic amines) is 1. The molecule has 0 unspecified atom stereocenters. The number of nitrogens with two attached hydrogens (primary N) is 1. The average molecular weight is 557 g/mol. The fourth-order valence-electron chi connectivity index (χ4n) is 4.88. The topological polar surface area (TPSA) is 180 Å². The first-order valence-electron chi connectivity index (χ1n) is 13.1. The number of benzene rings is 2. The van der Waals surface area contributed by atoms with Gasteiger partial charge in [-0.3, -0.25) is 9.69 Å². The Morgan fingerprint density at radius 2 is 1.95 bits per heavy atom. The van der Waals surface area contributed by atoms with Gasteiger partial charge in [0.2, 0.25) is 11.6 Å². The number of para-hydroxylation sites is 1. The number of piperidine rings is 1. The summed E-state index contributed by atoms with van der Waals surface area (Å²) < 4.78 is 13.3. The van der Waals surface area contributed by atoms with Crippen molar-refractivity contribution in [3.63, 3.8) is 0 Å². The van der Waals surface area contributed by atoms with Gasteiger partial charge in [-0.2, -0.15) is 9.78 Å². The monoisotopic (exact) mass is 556 g/mol. The van der Waals surface area contributed by atoms with Gasteiger partial charge in [0.15, 0.2) is 5.69 Å². The zero-order valence-corrected chi connectivity index (χ0v) is 22.3. The summed E-state index contributed by atoms with van der Waals surface area (Å²) in [6, 6.07) is 13.3. The number of amides is 1. The van der Waals surface area contributed by atoms with Gasteiger partial charge in [-0.15, -0.1) is 10.2 Å². The molecule has 1 aliphatic rings. The van der Waals surface area contributed by atoms with Crippen LogP contribution in [0.2, 0.25) is 0 Å². The molecule has 41 heavy (non-hydrogen) atoms. The highest BCUT2D eigenvalue weighted by molar-refractivity contribution is 5.95. The van der Waals surface area contributed by atoms with Gasteiger partial charge in [0.25, 0.3) is 5.91 Å². The predicted molar refractivity (Wildman–Crippen MR) is 147 cm³/mol. The Balaban J connectivity index is 1.22. The Bertz CT molecular complexity index is 1700. The molecule has 3 N–H and O–H groups in total. The number of nitrogens with one attached hydrogen (secondary N) is 1. The van der Waals surface area contributed by atoms with E-state index in [9.17, 15) is 4.79 Å². The number of hydrazone groups is 1. The van der Waals surface area contributed by atoms with Crippen LogP contribution in [-0.4, -0.2) is 77.5 Å². The molecular formula is C26H28N12O3. The number of carbonyl (C=O) groups excluding carboxylic acids is 1. The van der Waals surface area contributed by atoms with Crippen LogP contribution in [0.5, 0.6) is 5.75 Å². The Morgan fingerprint density at radius 3 is 2.76 bits per heavy atom. The van der Waals surface area contributed by atoms with Crippen molar-refractivity contribution in [1.82, 2.24) is 50.6 Å². The molecule has 0 saturated carbocycles. The molecule has 1 aliphatic heterocycles. The second kappa shape index (κ2) is 11.5. The number of ether oxygens (including phenoxy) is 1. The number of hydrogen-bond donors (Lipinski definition) is 2. The lowest BCUT2D eigenvalue weighted by Gasteiger charge is -2.25. The van der Waals surface area contributed by atoms with Gasteiger partial charge >= 0.3 is 0 Å². The molecule has 4 heterocycles. The number of rotatable bonds is 9. The molecule has 0 atom stereocenters. The van der Waals surface area contributed by atoms with E-state index >= 15 is 0 Å². The van der Waals surface area contributed by atoms with Crippen molar-refractivity contribution in [3.05, 3.63) is 65.0 Å². The first kappa shape index (κ1) is 26.1. The standard InChI is InChI=1S/C26H28N12O3/c1-40-22-10-9-17(13-18(22)15-37-21-8-4-3-7-19(21)29-34-37)14-28-31-26(39)23-20(16-36-11-5-2-6-12-36)30-35-38(23)25-24(27)32-41-33-25/h3-4,7-10,13-14H,2,5-6,11-12,15-16H2,1H3,(H2,27,32)(H,31,39)/b28-14+. The maximum absolute atomic E-state index is 13.4. The fourth-order valence-corrected chi connectivity index (χ4v) is 4.88. The summed E-state index contributed by atoms with van der Waals surface area (Å²) in [5.41, 5.74) is 12.4. The van der Waals surface area contributed by atoms with E-state index in [0.29, 0.717) is 24.5 Å². The van der Waals surface area contributed by atoms with Gasteiger partial charge in [-0.1, -0.05) is 29.0 Å². The largest absolute Gasteiger partial charge is 0.496 e. The van der Waals surface area contributed by atoms with Crippen LogP contribution in [-0.2, 0) is 13.1 Å². The number of anilines is 1. The number of fused-ring (bicyclic) bond motifs is 1. The summed E-state index contributed by atoms with van der Waals surface area (Å²) in [5, 5.41) is 28.4. The van der Waals surface area contributed by atoms with Crippen molar-refractivity contribution >= 4 is 29.0 Å². The summed E-state index contributed by atoms with van der Waals surface area (Å²) in [7, 11) is 1.61. The van der Waals surface area contributed by atoms with Gasteiger partial charge in [0, 0.05) is 12.1 Å². The molecule has 0 bridgehead atoms. The minimum atomic E-state index is -0.525. The van der Waals surface area contributed by atoms with E-state index in [1.807, 2.05) is 42.5 Å². The van der Waals surface area contributed by atoms with Crippen molar-refractivity contribution in [1.29, 1.82) is 0 Å². The van der Waals surface area contributed by atoms with E-state index in [1.54, 1.807) is 18.0 Å². The molecule has 1 fully saturated rings. The van der Waals surface area contributed by atoms with E-state index < -0.39 is 5.91 Å². The Labute approximate surface area is 233 Å². The maximum Gasteiger partial charge on any atom is 0.292 e. The number of nitrogen functional groups attached to an aromatic ring is 1. The highest BCUT2D eigenvalue weighted by Gasteiger charge is 2.26. The molecule has 1 saturated heterocycles. The van der Waals surface area contributed by atoms with Crippen LogP contribution in [0, 0.1) is 0 Å². The Kier molecular flexibility index (Phi) is 7.32. The molecule has 6 rings (SSSR count). The second-order valence-corrected chi connectivity index (χ2v) is 9.61. The van der Waals surface area contributed by atoms with Crippen LogP contribution < -0.4 is 15.9 Å². The first-order valence-corrected chi connectivity index (χ1v) is 13.1. The maximum atomic E-state index is 13.4. The van der Waals surface area contributed by atoms with Gasteiger partial charge in [0.1, 0.15) is 17.0 Å². The second-order valence-electron chi connectivity index (χ2n) is 9.61. The average Bonchev–Trinajstić information content (AvgIpc) is 3.72. The summed E-state index contributed by atoms with van der Waals surface area (Å²) in [5.74, 6) is 0.241. The molecule has 15 heteroatoms. The number of aromatic nitrogens is 8. The molecule has 1 amide bonds. The van der Waals surface area contributed by atoms with E-state index in [1.165, 1.54) is 11.1 Å². The third-order valence-electron chi connectivity index (χ3n) is 6.90. The van der Waals surface area contributed by atoms with E-state index in [2.05, 4.69) is 46.4 Å². The fraction of sp³-hybridized carbons (Fsp3) is 0.308. The molecule has 0 aliphatic carbocycles. The SMILES string of the molecule is COc1ccc(/C=N/NC(=O)c2c(CN3CCCCC3)nnn2-c2nonc2N)cc1Cn1nnc2ccccc21. The molecular weight excluding hydrogens is 528 g/mol. The summed E-state index contributed by atoms with van der Waals surface area (Å²) >= 11 is 0. The van der Waals surface area contributed by atoms with E-state index in [-0.39, 0.29) is 17.3 Å². The third kappa shape index (κ3) is 5.47. The quantitative estimate of drug-likeness (QED) is 0.199. The Morgan fingerprint density at radius 1 is 1.10 bits per heavy atom. The number of carbonyl (C=O) groups is 1. The van der Waals surface area contributed by atoms with Crippen molar-refractivity contribution in [3.8, 4) is 11.6 Å². The molecule has 5 aromatic rings. The smallest absolute Gasteiger partial charge is 0.292 e. The van der Waals surface area contributed by atoms with Crippen LogP contribution in [0.1, 0.15) is 46.6 Å². The van der Waals surface area contributed by atoms with Crippen LogP contribution in [0.4, 0.5) is 5.82 Å². The predicted octanol–water partition coefficient (Wildman–Crippen LogP) is 1.78. The zero-order valence-electron chi connectivity index (χ0n) is 22.3. The van der Waals surface area contributed by atoms with Gasteiger partial charge in [-0.05, 0) is 72.1 Å². The Hall–Kier alpha value is -5.18. The lowest BCUT2D eigenvalue weighted by molar-refractivity contribution is 0.0944. The van der Waals surface area contributed by atoms with Crippen LogP contribution in [0.25, 0.3) is 16.9 Å². The summed E-state index contributed by atoms with van der Waals surface area (Å²) in [6.45, 7) is 2.74. The normalized spacial score (nSPS) is 14.2. The third-order valence-corrected chi connectivity index (χ3v) is 6.90. The lowest BCUT2D eigenvalue weighted by Crippen LogP contribution is -2.31. The first-order chi connectivity index (χ1) is 20.1. The summed E-state index contributed by atoms with van der Waals surface area (Å²) in [4.78, 5) is 15.6. The lowest BCUT2D eigenvalue weighted by atomic mass is 10.1. The molecule has 0 spiro atoms. The van der Waals surface area contributed by atoms with Crippen LogP contribution >= 0.6 is 0 Å². The van der Waals surface area contributed by atoms with Crippen molar-refractivity contribution in [2.45, 2.75) is 32.4 Å². The van der Waals surface area contributed by atoms with E-state index in [0.717, 1.165) is 48.1 Å². The molecule has 0 radical (unpaired) electrons. The van der Waals surface area contributed by atoms with Crippen molar-refractivity contribution in [2.75, 3.05) is 25.9 Å². The molecule has 15 nitrogen and oxygen atoms in total. The number of methoxy groups -OCH3 is 1. The van der Waals surface area contributed by atoms with Gasteiger partial charge in [-0.25, -0.2) is 14.7 Å². The number of hydrogen-bond acceptors (Lipinski definition) is 12. The molecule has 3 aromatic heterocycles. The van der Waals surface area contributed by atoms with Crippen LogP contribution in [0.15, 0.2) is 52.2 Å². The highest BCUT2D eigenvalue weighted by atomic mass is 16.6. The number of nitrogens with zero attached hydrogens (tertiary/aromatic N) is 10. The molecule has 2 aromatic carbocycles. The van der Waals surface area contributed by atoms with Gasteiger partial charge in [0.05, 0.1) is 25.4 Å². The summed E-state index contributed by atoms with van der Waals surface area (Å²) in [6.07, 6.45) is 4.92. The zero-order chi connectivity index (χ0) is 28.2. The van der Waals surface area contributed by atoms with Crippen LogP contribution in [0.3, 0.4) is 0 Å². The van der Waals surface area contributed by atoms with Crippen molar-refractivity contribution < 1.29 is 14.2 Å². The minimum Gasteiger partial charge on any atom is -0.496 e. The van der Waals surface area contributed by atoms with Gasteiger partial charge < -0.3 is 10.5 Å². The highest BCUT2D eigenvalue weighted by Crippen LogP contribution is 2.22. The van der Waals surface area contributed by atoms with E-state index in [4.69, 9.17) is 15.1 Å².